The van der Waals surface area contributed by atoms with Gasteiger partial charge in [-0.1, -0.05) is 29.3 Å². The van der Waals surface area contributed by atoms with E-state index in [0.717, 1.165) is 11.0 Å². The van der Waals surface area contributed by atoms with Gasteiger partial charge in [0.25, 0.3) is 0 Å². The molecule has 6 nitrogen and oxygen atoms in total. The van der Waals surface area contributed by atoms with Crippen molar-refractivity contribution in [2.75, 3.05) is 18.1 Å². The van der Waals surface area contributed by atoms with Crippen molar-refractivity contribution in [3.05, 3.63) is 51.3 Å². The van der Waals surface area contributed by atoms with Crippen molar-refractivity contribution in [1.82, 2.24) is 5.32 Å². The number of anilines is 1. The van der Waals surface area contributed by atoms with Crippen LogP contribution in [0.25, 0.3) is 0 Å². The van der Waals surface area contributed by atoms with E-state index in [1.54, 1.807) is 13.0 Å². The third-order valence-corrected chi connectivity index (χ3v) is 5.23. The molecule has 0 spiro atoms. The first kappa shape index (κ1) is 21.1. The molecule has 3 amide bonds. The Morgan fingerprint density at radius 3 is 2.76 bits per heavy atom. The molecule has 0 aromatic heterocycles. The lowest BCUT2D eigenvalue weighted by atomic mass is 9.94. The molecule has 0 saturated carbocycles. The van der Waals surface area contributed by atoms with Crippen molar-refractivity contribution in [2.24, 2.45) is 5.73 Å². The van der Waals surface area contributed by atoms with Gasteiger partial charge in [-0.05, 0) is 30.2 Å². The molecule has 154 valence electrons. The Morgan fingerprint density at radius 1 is 1.38 bits per heavy atom. The third kappa shape index (κ3) is 4.23. The largest absolute Gasteiger partial charge is 0.452 e. The Bertz CT molecular complexity index is 988. The monoisotopic (exact) mass is 443 g/mol. The van der Waals surface area contributed by atoms with E-state index in [2.05, 4.69) is 5.32 Å². The van der Waals surface area contributed by atoms with Crippen LogP contribution in [0.1, 0.15) is 11.1 Å². The Labute approximate surface area is 175 Å². The molecule has 0 aliphatic carbocycles. The van der Waals surface area contributed by atoms with Crippen molar-refractivity contribution in [3.8, 4) is 11.5 Å². The van der Waals surface area contributed by atoms with E-state index in [1.165, 1.54) is 12.1 Å². The Morgan fingerprint density at radius 2 is 2.10 bits per heavy atom. The highest BCUT2D eigenvalue weighted by Gasteiger charge is 2.37. The van der Waals surface area contributed by atoms with Crippen LogP contribution in [0.2, 0.25) is 10.0 Å². The normalized spacial score (nSPS) is 15.8. The SMILES string of the molecule is Cc1cc2c(c(Oc3cc(F)ccc3Cl)c1Cl)N(CCF)C(=O)[C@H](NC(N)=O)C2. The van der Waals surface area contributed by atoms with E-state index in [-0.39, 0.29) is 40.2 Å². The van der Waals surface area contributed by atoms with Gasteiger partial charge in [-0.2, -0.15) is 0 Å². The lowest BCUT2D eigenvalue weighted by Crippen LogP contribution is -2.54. The number of amides is 3. The summed E-state index contributed by atoms with van der Waals surface area (Å²) in [5, 5.41) is 2.66. The summed E-state index contributed by atoms with van der Waals surface area (Å²) in [5.74, 6) is -1.10. The lowest BCUT2D eigenvalue weighted by molar-refractivity contribution is -0.120. The Balaban J connectivity index is 2.16. The summed E-state index contributed by atoms with van der Waals surface area (Å²) < 4.78 is 32.7. The number of benzene rings is 2. The van der Waals surface area contributed by atoms with Crippen molar-refractivity contribution in [3.63, 3.8) is 0 Å². The van der Waals surface area contributed by atoms with Crippen LogP contribution in [0, 0.1) is 12.7 Å². The van der Waals surface area contributed by atoms with Gasteiger partial charge in [0.1, 0.15) is 24.3 Å². The number of ether oxygens (including phenoxy) is 1. The second kappa shape index (κ2) is 8.42. The van der Waals surface area contributed by atoms with E-state index >= 15 is 0 Å². The molecule has 1 aliphatic rings. The molecule has 0 saturated heterocycles. The number of nitrogens with two attached hydrogens (primary N) is 1. The minimum atomic E-state index is -0.960. The zero-order valence-corrected chi connectivity index (χ0v) is 16.8. The zero-order chi connectivity index (χ0) is 21.3. The molecule has 1 atom stereocenters. The maximum atomic E-state index is 13.7. The van der Waals surface area contributed by atoms with Crippen molar-refractivity contribution >= 4 is 40.8 Å². The number of hydrogen-bond donors (Lipinski definition) is 2. The molecule has 3 N–H and O–H groups in total. The van der Waals surface area contributed by atoms with Crippen molar-refractivity contribution in [2.45, 2.75) is 19.4 Å². The van der Waals surface area contributed by atoms with Gasteiger partial charge >= 0.3 is 6.03 Å². The molecular formula is C19H17Cl2F2N3O3. The predicted octanol–water partition coefficient (Wildman–Crippen LogP) is 4.13. The molecule has 1 aliphatic heterocycles. The first-order valence-corrected chi connectivity index (χ1v) is 9.36. The van der Waals surface area contributed by atoms with Crippen molar-refractivity contribution in [1.29, 1.82) is 0 Å². The van der Waals surface area contributed by atoms with Crippen LogP contribution in [-0.4, -0.2) is 31.2 Å². The highest BCUT2D eigenvalue weighted by Crippen LogP contribution is 2.46. The molecule has 0 fully saturated rings. The number of carbonyl (C=O) groups excluding carboxylic acids is 2. The van der Waals surface area contributed by atoms with Gasteiger partial charge in [0.2, 0.25) is 5.91 Å². The van der Waals surface area contributed by atoms with Gasteiger partial charge in [-0.3, -0.25) is 4.79 Å². The van der Waals surface area contributed by atoms with E-state index in [1.807, 2.05) is 0 Å². The summed E-state index contributed by atoms with van der Waals surface area (Å²) >= 11 is 12.5. The van der Waals surface area contributed by atoms with Gasteiger partial charge in [0.15, 0.2) is 5.75 Å². The lowest BCUT2D eigenvalue weighted by Gasteiger charge is -2.35. The first-order chi connectivity index (χ1) is 13.7. The van der Waals surface area contributed by atoms with Gasteiger partial charge in [-0.25, -0.2) is 13.6 Å². The number of primary amides is 1. The smallest absolute Gasteiger partial charge is 0.312 e. The molecule has 1 heterocycles. The molecule has 3 rings (SSSR count). The minimum Gasteiger partial charge on any atom is -0.452 e. The van der Waals surface area contributed by atoms with Gasteiger partial charge < -0.3 is 20.7 Å². The topological polar surface area (TPSA) is 84.7 Å². The summed E-state index contributed by atoms with van der Waals surface area (Å²) in [7, 11) is 0. The summed E-state index contributed by atoms with van der Waals surface area (Å²) in [6, 6.07) is 3.44. The van der Waals surface area contributed by atoms with Crippen LogP contribution in [-0.2, 0) is 11.2 Å². The molecular weight excluding hydrogens is 427 g/mol. The summed E-state index contributed by atoms with van der Waals surface area (Å²) in [6.07, 6.45) is 0.102. The average Bonchev–Trinajstić information content (AvgIpc) is 2.65. The maximum absolute atomic E-state index is 13.7. The number of nitrogens with zero attached hydrogens (tertiary/aromatic N) is 1. The molecule has 29 heavy (non-hydrogen) atoms. The minimum absolute atomic E-state index is 0.00796. The number of urea groups is 1. The molecule has 10 heteroatoms. The fourth-order valence-corrected chi connectivity index (χ4v) is 3.57. The summed E-state index contributed by atoms with van der Waals surface area (Å²) in [5.41, 5.74) is 6.59. The molecule has 0 radical (unpaired) electrons. The van der Waals surface area contributed by atoms with Crippen LogP contribution in [0.5, 0.6) is 11.5 Å². The number of nitrogens with one attached hydrogen (secondary N) is 1. The van der Waals surface area contributed by atoms with E-state index in [4.69, 9.17) is 33.7 Å². The van der Waals surface area contributed by atoms with E-state index in [0.29, 0.717) is 11.1 Å². The standard InChI is InChI=1S/C19H17Cl2F2N3O3/c1-9-6-10-7-13(25-19(24)28)18(27)26(5-4-22)16(10)17(15(9)21)29-14-8-11(23)2-3-12(14)20/h2-3,6,8,13H,4-5,7H2,1H3,(H3,24,25,28)/t13-/m1/s1. The molecule has 2 aromatic carbocycles. The van der Waals surface area contributed by atoms with Crippen molar-refractivity contribution < 1.29 is 23.1 Å². The highest BCUT2D eigenvalue weighted by molar-refractivity contribution is 6.34. The zero-order valence-electron chi connectivity index (χ0n) is 15.3. The number of halogens is 4. The van der Waals surface area contributed by atoms with E-state index < -0.39 is 30.5 Å². The van der Waals surface area contributed by atoms with Crippen LogP contribution < -0.4 is 20.7 Å². The predicted molar refractivity (Wildman–Crippen MR) is 106 cm³/mol. The maximum Gasteiger partial charge on any atom is 0.312 e. The number of aryl methyl sites for hydroxylation is 1. The summed E-state index contributed by atoms with van der Waals surface area (Å²) in [6.45, 7) is 0.574. The fourth-order valence-electron chi connectivity index (χ4n) is 3.23. The highest BCUT2D eigenvalue weighted by atomic mass is 35.5. The van der Waals surface area contributed by atoms with Gasteiger partial charge in [0, 0.05) is 12.5 Å². The second-order valence-corrected chi connectivity index (χ2v) is 7.25. The molecule has 0 bridgehead atoms. The third-order valence-electron chi connectivity index (χ3n) is 4.44. The second-order valence-electron chi connectivity index (χ2n) is 6.47. The Kier molecular flexibility index (Phi) is 6.14. The van der Waals surface area contributed by atoms with Crippen LogP contribution in [0.15, 0.2) is 24.3 Å². The Hall–Kier alpha value is -2.58. The van der Waals surface area contributed by atoms with Crippen LogP contribution >= 0.6 is 23.2 Å². The van der Waals surface area contributed by atoms with Gasteiger partial charge in [-0.15, -0.1) is 0 Å². The number of rotatable bonds is 5. The summed E-state index contributed by atoms with van der Waals surface area (Å²) in [4.78, 5) is 25.2. The van der Waals surface area contributed by atoms with Gasteiger partial charge in [0.05, 0.1) is 22.3 Å². The number of carbonyl (C=O) groups is 2. The molecule has 2 aromatic rings. The first-order valence-electron chi connectivity index (χ1n) is 8.61. The fraction of sp³-hybridized carbons (Fsp3) is 0.263. The quantitative estimate of drug-likeness (QED) is 0.728. The number of alkyl halides is 1. The molecule has 0 unspecified atom stereocenters. The number of fused-ring (bicyclic) bond motifs is 1. The number of hydrogen-bond acceptors (Lipinski definition) is 3. The average molecular weight is 444 g/mol. The van der Waals surface area contributed by atoms with E-state index in [9.17, 15) is 18.4 Å². The van der Waals surface area contributed by atoms with Crippen LogP contribution in [0.3, 0.4) is 0 Å². The van der Waals surface area contributed by atoms with Crippen LogP contribution in [0.4, 0.5) is 19.3 Å².